The third-order valence-corrected chi connectivity index (χ3v) is 3.18. The van der Waals surface area contributed by atoms with E-state index in [-0.39, 0.29) is 13.2 Å². The zero-order valence-electron chi connectivity index (χ0n) is 9.97. The Morgan fingerprint density at radius 3 is 2.00 bits per heavy atom. The van der Waals surface area contributed by atoms with Crippen molar-refractivity contribution in [2.24, 2.45) is 0 Å². The molecule has 3 nitrogen and oxygen atoms in total. The van der Waals surface area contributed by atoms with E-state index in [0.29, 0.717) is 13.1 Å². The minimum atomic E-state index is 0.167. The van der Waals surface area contributed by atoms with E-state index in [9.17, 15) is 0 Å². The number of aliphatic hydroxyl groups excluding tert-OH is 2. The molecule has 0 spiro atoms. The fourth-order valence-corrected chi connectivity index (χ4v) is 2.09. The molecule has 0 aliphatic heterocycles. The van der Waals surface area contributed by atoms with Crippen LogP contribution in [0.5, 0.6) is 0 Å². The Morgan fingerprint density at radius 2 is 1.56 bits per heavy atom. The molecule has 0 aromatic heterocycles. The van der Waals surface area contributed by atoms with Gasteiger partial charge in [-0.1, -0.05) is 30.3 Å². The highest BCUT2D eigenvalue weighted by Gasteiger charge is 2.24. The van der Waals surface area contributed by atoms with Gasteiger partial charge < -0.3 is 14.7 Å². The molecule has 3 heteroatoms. The Morgan fingerprint density at radius 1 is 1.00 bits per heavy atom. The molecule has 2 N–H and O–H groups in total. The van der Waals surface area contributed by atoms with Crippen LogP contribution in [0.2, 0.25) is 0 Å². The number of hydrogen-bond donors (Lipinski definition) is 2. The maximum absolute atomic E-state index is 9.14. The summed E-state index contributed by atoms with van der Waals surface area (Å²) in [7, 11) is 0. The van der Waals surface area contributed by atoms with E-state index in [1.165, 1.54) is 5.56 Å². The van der Waals surface area contributed by atoms with Gasteiger partial charge in [0.25, 0.3) is 0 Å². The first-order chi connectivity index (χ1) is 7.76. The van der Waals surface area contributed by atoms with Gasteiger partial charge in [0.15, 0.2) is 0 Å². The number of benzene rings is 1. The van der Waals surface area contributed by atoms with Crippen LogP contribution in [0.1, 0.15) is 12.5 Å². The van der Waals surface area contributed by atoms with Crippen molar-refractivity contribution in [1.29, 1.82) is 0 Å². The largest absolute Gasteiger partial charge is 0.391 e. The van der Waals surface area contributed by atoms with E-state index in [1.807, 2.05) is 18.2 Å². The van der Waals surface area contributed by atoms with Crippen LogP contribution in [0, 0.1) is 0 Å². The predicted octanol–water partition coefficient (Wildman–Crippen LogP) is 1.01. The van der Waals surface area contributed by atoms with E-state index < -0.39 is 0 Å². The van der Waals surface area contributed by atoms with Gasteiger partial charge >= 0.3 is 0 Å². The monoisotopic (exact) mass is 224 g/mol. The van der Waals surface area contributed by atoms with Crippen molar-refractivity contribution in [2.75, 3.05) is 32.8 Å². The van der Waals surface area contributed by atoms with Crippen LogP contribution >= 0.6 is 0 Å². The number of likely N-dealkylation sites (N-methyl/N-ethyl adjacent to an activating group) is 1. The topological polar surface area (TPSA) is 40.5 Å². The van der Waals surface area contributed by atoms with E-state index in [1.54, 1.807) is 0 Å². The van der Waals surface area contributed by atoms with E-state index >= 15 is 0 Å². The summed E-state index contributed by atoms with van der Waals surface area (Å²) in [5.74, 6) is 0. The molecule has 0 atom stereocenters. The predicted molar refractivity (Wildman–Crippen MR) is 64.9 cm³/mol. The standard InChI is InChI=1S/C13H22NO2/c1-2-14(8-10-15,9-11-16)12-13-6-4-3-5-7-13/h3-7,15-16H,2,8-12H2,1H3/q+1. The van der Waals surface area contributed by atoms with Crippen LogP contribution in [-0.4, -0.2) is 47.5 Å². The smallest absolute Gasteiger partial charge is 0.104 e. The molecule has 0 bridgehead atoms. The summed E-state index contributed by atoms with van der Waals surface area (Å²) in [6.07, 6.45) is 0. The summed E-state index contributed by atoms with van der Waals surface area (Å²) in [5, 5.41) is 18.3. The molecule has 0 unspecified atom stereocenters. The first kappa shape index (κ1) is 13.2. The lowest BCUT2D eigenvalue weighted by atomic mass is 10.1. The molecule has 0 fully saturated rings. The second-order valence-corrected chi connectivity index (χ2v) is 4.20. The summed E-state index contributed by atoms with van der Waals surface area (Å²) >= 11 is 0. The lowest BCUT2D eigenvalue weighted by Crippen LogP contribution is -2.50. The third-order valence-electron chi connectivity index (χ3n) is 3.18. The summed E-state index contributed by atoms with van der Waals surface area (Å²) in [4.78, 5) is 0. The van der Waals surface area contributed by atoms with Gasteiger partial charge in [-0.3, -0.25) is 0 Å². The maximum atomic E-state index is 9.14. The lowest BCUT2D eigenvalue weighted by molar-refractivity contribution is -0.939. The van der Waals surface area contributed by atoms with Crippen molar-refractivity contribution in [1.82, 2.24) is 0 Å². The summed E-state index contributed by atoms with van der Waals surface area (Å²) in [5.41, 5.74) is 1.26. The fraction of sp³-hybridized carbons (Fsp3) is 0.538. The molecule has 1 rings (SSSR count). The molecular weight excluding hydrogens is 202 g/mol. The highest BCUT2D eigenvalue weighted by atomic mass is 16.3. The van der Waals surface area contributed by atoms with Crippen molar-refractivity contribution in [2.45, 2.75) is 13.5 Å². The molecule has 0 aliphatic rings. The molecule has 1 aromatic carbocycles. The second-order valence-electron chi connectivity index (χ2n) is 4.20. The highest BCUT2D eigenvalue weighted by Crippen LogP contribution is 2.13. The second kappa shape index (κ2) is 6.63. The molecule has 0 heterocycles. The Kier molecular flexibility index (Phi) is 5.46. The van der Waals surface area contributed by atoms with Gasteiger partial charge in [0.2, 0.25) is 0 Å². The molecule has 0 radical (unpaired) electrons. The third kappa shape index (κ3) is 3.59. The van der Waals surface area contributed by atoms with E-state index in [2.05, 4.69) is 19.1 Å². The minimum absolute atomic E-state index is 0.167. The van der Waals surface area contributed by atoms with Gasteiger partial charge in [0.1, 0.15) is 19.6 Å². The number of nitrogens with zero attached hydrogens (tertiary/aromatic N) is 1. The zero-order valence-corrected chi connectivity index (χ0v) is 9.97. The van der Waals surface area contributed by atoms with Crippen LogP contribution in [-0.2, 0) is 6.54 Å². The van der Waals surface area contributed by atoms with Crippen molar-refractivity contribution in [3.8, 4) is 0 Å². The first-order valence-corrected chi connectivity index (χ1v) is 5.87. The Balaban J connectivity index is 2.76. The summed E-state index contributed by atoms with van der Waals surface area (Å²) < 4.78 is 0.747. The van der Waals surface area contributed by atoms with Crippen LogP contribution in [0.15, 0.2) is 30.3 Å². The van der Waals surface area contributed by atoms with Crippen LogP contribution in [0.25, 0.3) is 0 Å². The average molecular weight is 224 g/mol. The van der Waals surface area contributed by atoms with Gasteiger partial charge in [0.05, 0.1) is 19.8 Å². The van der Waals surface area contributed by atoms with Crippen molar-refractivity contribution >= 4 is 0 Å². The molecular formula is C13H22NO2+. The normalized spacial score (nSPS) is 11.7. The molecule has 90 valence electrons. The Bertz CT molecular complexity index is 281. The van der Waals surface area contributed by atoms with Gasteiger partial charge in [-0.05, 0) is 6.92 Å². The van der Waals surface area contributed by atoms with Crippen LogP contribution in [0.4, 0.5) is 0 Å². The van der Waals surface area contributed by atoms with Gasteiger partial charge in [0, 0.05) is 5.56 Å². The van der Waals surface area contributed by atoms with Gasteiger partial charge in [-0.25, -0.2) is 0 Å². The van der Waals surface area contributed by atoms with Crippen LogP contribution < -0.4 is 0 Å². The molecule has 1 aromatic rings. The molecule has 16 heavy (non-hydrogen) atoms. The minimum Gasteiger partial charge on any atom is -0.391 e. The maximum Gasteiger partial charge on any atom is 0.104 e. The summed E-state index contributed by atoms with van der Waals surface area (Å²) in [6, 6.07) is 10.2. The average Bonchev–Trinajstić information content (AvgIpc) is 2.31. The van der Waals surface area contributed by atoms with Gasteiger partial charge in [-0.2, -0.15) is 0 Å². The number of aliphatic hydroxyl groups is 2. The van der Waals surface area contributed by atoms with Crippen molar-refractivity contribution < 1.29 is 14.7 Å². The highest BCUT2D eigenvalue weighted by molar-refractivity contribution is 5.13. The van der Waals surface area contributed by atoms with Crippen molar-refractivity contribution in [3.05, 3.63) is 35.9 Å². The van der Waals surface area contributed by atoms with Crippen LogP contribution in [0.3, 0.4) is 0 Å². The Hall–Kier alpha value is -0.900. The molecule has 0 saturated carbocycles. The molecule has 0 aliphatic carbocycles. The SMILES string of the molecule is CC[N+](CCO)(CCO)Cc1ccccc1. The Labute approximate surface area is 97.5 Å². The number of quaternary nitrogens is 1. The van der Waals surface area contributed by atoms with E-state index in [4.69, 9.17) is 10.2 Å². The summed E-state index contributed by atoms with van der Waals surface area (Å²) in [6.45, 7) is 5.64. The fourth-order valence-electron chi connectivity index (χ4n) is 2.09. The number of hydrogen-bond acceptors (Lipinski definition) is 2. The van der Waals surface area contributed by atoms with E-state index in [0.717, 1.165) is 17.6 Å². The quantitative estimate of drug-likeness (QED) is 0.679. The molecule has 0 amide bonds. The lowest BCUT2D eigenvalue weighted by Gasteiger charge is -2.37. The molecule has 0 saturated heterocycles. The zero-order chi connectivity index (χ0) is 11.9. The van der Waals surface area contributed by atoms with Crippen molar-refractivity contribution in [3.63, 3.8) is 0 Å². The van der Waals surface area contributed by atoms with Gasteiger partial charge in [-0.15, -0.1) is 0 Å². The number of rotatable bonds is 7. The first-order valence-electron chi connectivity index (χ1n) is 5.87.